The number of morpholine rings is 1. The van der Waals surface area contributed by atoms with Gasteiger partial charge in [-0.15, -0.1) is 0 Å². The van der Waals surface area contributed by atoms with Gasteiger partial charge in [-0.3, -0.25) is 10.1 Å². The van der Waals surface area contributed by atoms with Crippen LogP contribution in [-0.2, 0) is 14.8 Å². The van der Waals surface area contributed by atoms with Gasteiger partial charge in [0, 0.05) is 51.0 Å². The van der Waals surface area contributed by atoms with Crippen molar-refractivity contribution in [1.82, 2.24) is 4.31 Å². The van der Waals surface area contributed by atoms with Crippen LogP contribution in [0.4, 0.5) is 17.1 Å². The summed E-state index contributed by atoms with van der Waals surface area (Å²) in [5.41, 5.74) is 2.53. The largest absolute Gasteiger partial charge is 0.378 e. The molecule has 0 radical (unpaired) electrons. The predicted octanol–water partition coefficient (Wildman–Crippen LogP) is 2.25. The molecule has 0 saturated carbocycles. The maximum Gasteiger partial charge on any atom is 0.292 e. The number of aryl methyl sites for hydroxylation is 1. The lowest BCUT2D eigenvalue weighted by Gasteiger charge is -2.36. The van der Waals surface area contributed by atoms with Crippen molar-refractivity contribution in [3.8, 4) is 0 Å². The summed E-state index contributed by atoms with van der Waals surface area (Å²) < 4.78 is 32.7. The van der Waals surface area contributed by atoms with E-state index < -0.39 is 10.0 Å². The van der Waals surface area contributed by atoms with Crippen LogP contribution in [0.2, 0.25) is 0 Å². The van der Waals surface area contributed by atoms with Gasteiger partial charge in [0.2, 0.25) is 10.0 Å². The maximum atomic E-state index is 12.9. The van der Waals surface area contributed by atoms with Crippen LogP contribution < -0.4 is 9.80 Å². The summed E-state index contributed by atoms with van der Waals surface area (Å²) in [7, 11) is -3.53. The fourth-order valence-electron chi connectivity index (χ4n) is 3.97. The number of ether oxygens (including phenoxy) is 1. The van der Waals surface area contributed by atoms with E-state index in [9.17, 15) is 18.5 Å². The van der Waals surface area contributed by atoms with Crippen molar-refractivity contribution in [3.05, 3.63) is 58.1 Å². The smallest absolute Gasteiger partial charge is 0.292 e. The third-order valence-electron chi connectivity index (χ3n) is 5.77. The van der Waals surface area contributed by atoms with Crippen molar-refractivity contribution in [2.75, 3.05) is 62.3 Å². The lowest BCUT2D eigenvalue weighted by molar-refractivity contribution is -0.384. The Kier molecular flexibility index (Phi) is 6.12. The molecule has 2 aliphatic heterocycles. The fourth-order valence-corrected chi connectivity index (χ4v) is 5.39. The lowest BCUT2D eigenvalue weighted by atomic mass is 10.2. The number of rotatable bonds is 5. The molecule has 0 atom stereocenters. The third kappa shape index (κ3) is 4.51. The van der Waals surface area contributed by atoms with E-state index in [2.05, 4.69) is 4.90 Å². The van der Waals surface area contributed by atoms with Crippen LogP contribution in [0.3, 0.4) is 0 Å². The Hall–Kier alpha value is -2.69. The van der Waals surface area contributed by atoms with E-state index in [1.165, 1.54) is 10.4 Å². The third-order valence-corrected chi connectivity index (χ3v) is 7.68. The minimum atomic E-state index is -3.53. The topological polar surface area (TPSA) is 96.2 Å². The van der Waals surface area contributed by atoms with E-state index in [-0.39, 0.29) is 10.6 Å². The van der Waals surface area contributed by atoms with Crippen LogP contribution in [0.25, 0.3) is 0 Å². The molecule has 2 saturated heterocycles. The molecule has 0 amide bonds. The van der Waals surface area contributed by atoms with Gasteiger partial charge in [-0.05, 0) is 31.2 Å². The second-order valence-electron chi connectivity index (χ2n) is 7.73. The molecule has 2 aliphatic rings. The highest BCUT2D eigenvalue weighted by Gasteiger charge is 2.29. The molecule has 2 fully saturated rings. The first-order valence-corrected chi connectivity index (χ1v) is 11.7. The van der Waals surface area contributed by atoms with Gasteiger partial charge in [0.15, 0.2) is 0 Å². The summed E-state index contributed by atoms with van der Waals surface area (Å²) in [6.45, 7) is 5.97. The Labute approximate surface area is 182 Å². The normalized spacial score (nSPS) is 18.2. The molecule has 2 aromatic carbocycles. The minimum absolute atomic E-state index is 0.0752. The Morgan fingerprint density at radius 3 is 2.16 bits per heavy atom. The highest BCUT2D eigenvalue weighted by atomic mass is 32.2. The summed E-state index contributed by atoms with van der Waals surface area (Å²) in [5, 5.41) is 11.5. The van der Waals surface area contributed by atoms with Crippen molar-refractivity contribution in [3.63, 3.8) is 0 Å². The van der Waals surface area contributed by atoms with E-state index in [0.717, 1.165) is 11.3 Å². The Bertz CT molecular complexity index is 1040. The second-order valence-corrected chi connectivity index (χ2v) is 9.67. The van der Waals surface area contributed by atoms with Gasteiger partial charge in [-0.25, -0.2) is 8.42 Å². The molecule has 0 aromatic heterocycles. The Morgan fingerprint density at radius 2 is 1.55 bits per heavy atom. The van der Waals surface area contributed by atoms with E-state index in [4.69, 9.17) is 4.74 Å². The summed E-state index contributed by atoms with van der Waals surface area (Å²) in [4.78, 5) is 15.5. The van der Waals surface area contributed by atoms with Gasteiger partial charge in [0.05, 0.1) is 23.0 Å². The van der Waals surface area contributed by atoms with Crippen LogP contribution >= 0.6 is 0 Å². The number of sulfonamides is 1. The number of hydrogen-bond acceptors (Lipinski definition) is 7. The molecule has 4 rings (SSSR count). The zero-order valence-electron chi connectivity index (χ0n) is 17.4. The van der Waals surface area contributed by atoms with Crippen molar-refractivity contribution in [1.29, 1.82) is 0 Å². The average Bonchev–Trinajstić information content (AvgIpc) is 2.79. The SMILES string of the molecule is Cc1ccc(S(=O)(=O)N2CCN(c3ccc([N+](=O)[O-])c(N4CCOCC4)c3)CC2)cc1. The van der Waals surface area contributed by atoms with Crippen molar-refractivity contribution in [2.45, 2.75) is 11.8 Å². The first-order valence-electron chi connectivity index (χ1n) is 10.3. The number of hydrogen-bond donors (Lipinski definition) is 0. The van der Waals surface area contributed by atoms with E-state index in [1.807, 2.05) is 17.9 Å². The van der Waals surface area contributed by atoms with Gasteiger partial charge in [0.1, 0.15) is 5.69 Å². The highest BCUT2D eigenvalue weighted by molar-refractivity contribution is 7.89. The van der Waals surface area contributed by atoms with Gasteiger partial charge < -0.3 is 14.5 Å². The zero-order chi connectivity index (χ0) is 22.0. The van der Waals surface area contributed by atoms with E-state index in [1.54, 1.807) is 30.3 Å². The summed E-state index contributed by atoms with van der Waals surface area (Å²) in [5.74, 6) is 0. The monoisotopic (exact) mass is 446 g/mol. The number of nitro groups is 1. The standard InChI is InChI=1S/C21H26N4O5S/c1-17-2-5-19(6-3-17)31(28,29)24-10-8-22(9-11-24)18-4-7-20(25(26)27)21(16-18)23-12-14-30-15-13-23/h2-7,16H,8-15H2,1H3. The van der Waals surface area contributed by atoms with Crippen LogP contribution in [0.5, 0.6) is 0 Å². The number of nitrogens with zero attached hydrogens (tertiary/aromatic N) is 4. The summed E-state index contributed by atoms with van der Waals surface area (Å²) >= 11 is 0. The van der Waals surface area contributed by atoms with Crippen LogP contribution in [0, 0.1) is 17.0 Å². The van der Waals surface area contributed by atoms with E-state index in [0.29, 0.717) is 63.1 Å². The molecule has 10 heteroatoms. The zero-order valence-corrected chi connectivity index (χ0v) is 18.3. The molecule has 166 valence electrons. The highest BCUT2D eigenvalue weighted by Crippen LogP contribution is 2.33. The van der Waals surface area contributed by atoms with Crippen LogP contribution in [0.1, 0.15) is 5.56 Å². The van der Waals surface area contributed by atoms with Crippen LogP contribution in [0.15, 0.2) is 47.4 Å². The molecule has 2 heterocycles. The van der Waals surface area contributed by atoms with Crippen molar-refractivity contribution in [2.24, 2.45) is 0 Å². The van der Waals surface area contributed by atoms with E-state index >= 15 is 0 Å². The molecule has 2 aromatic rings. The molecule has 0 N–H and O–H groups in total. The number of nitro benzene ring substituents is 1. The molecule has 0 bridgehead atoms. The molecule has 0 spiro atoms. The quantitative estimate of drug-likeness (QED) is 0.513. The minimum Gasteiger partial charge on any atom is -0.378 e. The molecular formula is C21H26N4O5S. The van der Waals surface area contributed by atoms with Gasteiger partial charge in [-0.1, -0.05) is 17.7 Å². The number of piperazine rings is 1. The lowest BCUT2D eigenvalue weighted by Crippen LogP contribution is -2.48. The fraction of sp³-hybridized carbons (Fsp3) is 0.429. The molecule has 9 nitrogen and oxygen atoms in total. The first-order chi connectivity index (χ1) is 14.9. The average molecular weight is 447 g/mol. The molecular weight excluding hydrogens is 420 g/mol. The maximum absolute atomic E-state index is 12.9. The second kappa shape index (κ2) is 8.81. The number of benzene rings is 2. The number of anilines is 2. The molecule has 31 heavy (non-hydrogen) atoms. The van der Waals surface area contributed by atoms with Gasteiger partial charge in [-0.2, -0.15) is 4.31 Å². The van der Waals surface area contributed by atoms with Crippen molar-refractivity contribution >= 4 is 27.1 Å². The Balaban J connectivity index is 1.50. The molecule has 0 aliphatic carbocycles. The first kappa shape index (κ1) is 21.5. The summed E-state index contributed by atoms with van der Waals surface area (Å²) in [6.07, 6.45) is 0. The summed E-state index contributed by atoms with van der Waals surface area (Å²) in [6, 6.07) is 12.0. The van der Waals surface area contributed by atoms with Crippen LogP contribution in [-0.4, -0.2) is 70.1 Å². The van der Waals surface area contributed by atoms with Crippen molar-refractivity contribution < 1.29 is 18.1 Å². The van der Waals surface area contributed by atoms with Gasteiger partial charge in [0.25, 0.3) is 5.69 Å². The Morgan fingerprint density at radius 1 is 0.903 bits per heavy atom. The predicted molar refractivity (Wildman–Crippen MR) is 118 cm³/mol. The molecule has 0 unspecified atom stereocenters. The van der Waals surface area contributed by atoms with Gasteiger partial charge >= 0.3 is 0 Å².